The van der Waals surface area contributed by atoms with E-state index in [2.05, 4.69) is 5.32 Å². The average Bonchev–Trinajstić information content (AvgIpc) is 2.63. The summed E-state index contributed by atoms with van der Waals surface area (Å²) in [6, 6.07) is -0.946. The highest BCUT2D eigenvalue weighted by atomic mass is 16.7. The fourth-order valence-electron chi connectivity index (χ4n) is 3.06. The first-order chi connectivity index (χ1) is 14.1. The van der Waals surface area contributed by atoms with Crippen LogP contribution >= 0.6 is 0 Å². The molecule has 3 N–H and O–H groups in total. The van der Waals surface area contributed by atoms with E-state index >= 15 is 0 Å². The minimum Gasteiger partial charge on any atom is -0.463 e. The van der Waals surface area contributed by atoms with Crippen molar-refractivity contribution in [3.8, 4) is 0 Å². The van der Waals surface area contributed by atoms with Crippen molar-refractivity contribution in [3.63, 3.8) is 0 Å². The molecule has 1 rings (SSSR count). The van der Waals surface area contributed by atoms with Gasteiger partial charge in [-0.1, -0.05) is 0 Å². The molecule has 0 saturated carbocycles. The fraction of sp³-hybridized carbons (Fsp3) is 0.789. The van der Waals surface area contributed by atoms with Gasteiger partial charge in [-0.15, -0.1) is 0 Å². The zero-order chi connectivity index (χ0) is 22.7. The third kappa shape index (κ3) is 9.06. The molecule has 0 bridgehead atoms. The van der Waals surface area contributed by atoms with E-state index in [1.54, 1.807) is 0 Å². The molecule has 172 valence electrons. The molecule has 0 spiro atoms. The lowest BCUT2D eigenvalue weighted by Crippen LogP contribution is -2.66. The highest BCUT2D eigenvalue weighted by molar-refractivity contribution is 5.73. The highest BCUT2D eigenvalue weighted by Crippen LogP contribution is 2.28. The Labute approximate surface area is 175 Å². The van der Waals surface area contributed by atoms with Crippen LogP contribution in [-0.2, 0) is 42.9 Å². The second-order valence-electron chi connectivity index (χ2n) is 6.94. The van der Waals surface area contributed by atoms with Crippen LogP contribution in [0.2, 0.25) is 0 Å². The van der Waals surface area contributed by atoms with Gasteiger partial charge in [-0.25, -0.2) is 0 Å². The van der Waals surface area contributed by atoms with Crippen LogP contribution in [0.4, 0.5) is 0 Å². The van der Waals surface area contributed by atoms with Crippen molar-refractivity contribution in [2.75, 3.05) is 19.8 Å². The fourth-order valence-corrected chi connectivity index (χ4v) is 3.06. The van der Waals surface area contributed by atoms with Gasteiger partial charge >= 0.3 is 17.9 Å². The number of rotatable bonds is 11. The van der Waals surface area contributed by atoms with E-state index in [1.165, 1.54) is 27.7 Å². The van der Waals surface area contributed by atoms with Gasteiger partial charge < -0.3 is 34.7 Å². The lowest BCUT2D eigenvalue weighted by molar-refractivity contribution is -0.277. The van der Waals surface area contributed by atoms with Crippen molar-refractivity contribution in [2.45, 2.75) is 77.6 Å². The van der Waals surface area contributed by atoms with E-state index < -0.39 is 54.5 Å². The molecule has 1 aliphatic heterocycles. The summed E-state index contributed by atoms with van der Waals surface area (Å²) in [5.41, 5.74) is 5.48. The van der Waals surface area contributed by atoms with Crippen LogP contribution in [0.25, 0.3) is 0 Å². The van der Waals surface area contributed by atoms with E-state index in [0.29, 0.717) is 19.6 Å². The third-order valence-corrected chi connectivity index (χ3v) is 4.20. The molecule has 11 nitrogen and oxygen atoms in total. The lowest BCUT2D eigenvalue weighted by atomic mass is 9.96. The van der Waals surface area contributed by atoms with Gasteiger partial charge in [-0.3, -0.25) is 19.2 Å². The SMILES string of the molecule is CC(=O)NC1C(OCCCCCN)OC(COC(C)=O)C(OC(C)=O)C1OC(C)=O. The minimum absolute atomic E-state index is 0.259. The number of nitrogens with two attached hydrogens (primary N) is 1. The second kappa shape index (κ2) is 13.1. The molecule has 1 saturated heterocycles. The molecule has 5 atom stereocenters. The molecule has 1 fully saturated rings. The summed E-state index contributed by atoms with van der Waals surface area (Å²) in [4.78, 5) is 46.4. The van der Waals surface area contributed by atoms with Crippen molar-refractivity contribution in [1.82, 2.24) is 5.32 Å². The first-order valence-electron chi connectivity index (χ1n) is 9.87. The molecule has 0 aliphatic carbocycles. The Morgan fingerprint density at radius 2 is 1.53 bits per heavy atom. The van der Waals surface area contributed by atoms with Crippen molar-refractivity contribution < 1.29 is 42.9 Å². The molecule has 5 unspecified atom stereocenters. The molecule has 0 radical (unpaired) electrons. The molecule has 0 aromatic rings. The third-order valence-electron chi connectivity index (χ3n) is 4.20. The molecule has 1 heterocycles. The average molecular weight is 432 g/mol. The second-order valence-corrected chi connectivity index (χ2v) is 6.94. The molecule has 30 heavy (non-hydrogen) atoms. The zero-order valence-corrected chi connectivity index (χ0v) is 17.9. The minimum atomic E-state index is -1.13. The van der Waals surface area contributed by atoms with E-state index in [9.17, 15) is 19.2 Å². The Hall–Kier alpha value is -2.24. The largest absolute Gasteiger partial charge is 0.463 e. The topological polar surface area (TPSA) is 152 Å². The number of hydrogen-bond donors (Lipinski definition) is 2. The van der Waals surface area contributed by atoms with Crippen LogP contribution in [0.15, 0.2) is 0 Å². The summed E-state index contributed by atoms with van der Waals surface area (Å²) >= 11 is 0. The van der Waals surface area contributed by atoms with Crippen LogP contribution in [0.1, 0.15) is 47.0 Å². The normalized spacial score (nSPS) is 25.8. The maximum atomic E-state index is 11.8. The number of amides is 1. The lowest BCUT2D eigenvalue weighted by Gasteiger charge is -2.44. The van der Waals surface area contributed by atoms with Gasteiger partial charge in [0.2, 0.25) is 5.91 Å². The van der Waals surface area contributed by atoms with Crippen molar-refractivity contribution in [2.24, 2.45) is 5.73 Å². The number of unbranched alkanes of at least 4 members (excludes halogenated alkanes) is 2. The van der Waals surface area contributed by atoms with E-state index in [4.69, 9.17) is 29.4 Å². The maximum absolute atomic E-state index is 11.8. The van der Waals surface area contributed by atoms with Crippen molar-refractivity contribution >= 4 is 23.8 Å². The molecular formula is C19H32N2O9. The first kappa shape index (κ1) is 25.8. The predicted octanol–water partition coefficient (Wildman–Crippen LogP) is -0.212. The molecule has 1 amide bonds. The summed E-state index contributed by atoms with van der Waals surface area (Å²) in [7, 11) is 0. The Balaban J connectivity index is 3.13. The van der Waals surface area contributed by atoms with Gasteiger partial charge in [-0.2, -0.15) is 0 Å². The maximum Gasteiger partial charge on any atom is 0.303 e. The molecular weight excluding hydrogens is 400 g/mol. The Kier molecular flexibility index (Phi) is 11.3. The number of carbonyl (C=O) groups excluding carboxylic acids is 4. The van der Waals surface area contributed by atoms with E-state index in [0.717, 1.165) is 12.8 Å². The van der Waals surface area contributed by atoms with Crippen LogP contribution in [0, 0.1) is 0 Å². The molecule has 0 aromatic heterocycles. The van der Waals surface area contributed by atoms with Gasteiger partial charge in [0.25, 0.3) is 0 Å². The Morgan fingerprint density at radius 1 is 0.900 bits per heavy atom. The summed E-state index contributed by atoms with van der Waals surface area (Å²) in [6.45, 7) is 5.48. The molecule has 0 aromatic carbocycles. The van der Waals surface area contributed by atoms with Crippen molar-refractivity contribution in [3.05, 3.63) is 0 Å². The highest BCUT2D eigenvalue weighted by Gasteiger charge is 2.51. The Bertz CT molecular complexity index is 599. The van der Waals surface area contributed by atoms with Gasteiger partial charge in [0.15, 0.2) is 18.5 Å². The zero-order valence-electron chi connectivity index (χ0n) is 17.9. The smallest absolute Gasteiger partial charge is 0.303 e. The number of nitrogens with one attached hydrogen (secondary N) is 1. The quantitative estimate of drug-likeness (QED) is 0.255. The standard InChI is InChI=1S/C19H32N2O9/c1-11(22)21-16-18(29-14(4)25)17(28-13(3)24)15(10-27-12(2)23)30-19(16)26-9-7-5-6-8-20/h15-19H,5-10,20H2,1-4H3,(H,21,22). The van der Waals surface area contributed by atoms with Gasteiger partial charge in [-0.05, 0) is 25.8 Å². The first-order valence-corrected chi connectivity index (χ1v) is 9.87. The molecule has 11 heteroatoms. The van der Waals surface area contributed by atoms with Gasteiger partial charge in [0.05, 0.1) is 0 Å². The summed E-state index contributed by atoms with van der Waals surface area (Å²) in [6.07, 6.45) is -1.86. The molecule has 1 aliphatic rings. The van der Waals surface area contributed by atoms with Crippen LogP contribution in [-0.4, -0.2) is 74.2 Å². The number of carbonyl (C=O) groups is 4. The van der Waals surface area contributed by atoms with E-state index in [-0.39, 0.29) is 6.61 Å². The predicted molar refractivity (Wildman–Crippen MR) is 103 cm³/mol. The van der Waals surface area contributed by atoms with Gasteiger partial charge in [0, 0.05) is 34.3 Å². The van der Waals surface area contributed by atoms with Crippen molar-refractivity contribution in [1.29, 1.82) is 0 Å². The van der Waals surface area contributed by atoms with Crippen LogP contribution < -0.4 is 11.1 Å². The van der Waals surface area contributed by atoms with Crippen LogP contribution in [0.5, 0.6) is 0 Å². The number of esters is 3. The van der Waals surface area contributed by atoms with Crippen LogP contribution in [0.3, 0.4) is 0 Å². The summed E-state index contributed by atoms with van der Waals surface area (Å²) in [5, 5.41) is 2.64. The number of hydrogen-bond acceptors (Lipinski definition) is 10. The monoisotopic (exact) mass is 432 g/mol. The van der Waals surface area contributed by atoms with Gasteiger partial charge in [0.1, 0.15) is 18.8 Å². The summed E-state index contributed by atoms with van der Waals surface area (Å²) < 4.78 is 27.4. The Morgan fingerprint density at radius 3 is 2.07 bits per heavy atom. The number of ether oxygens (including phenoxy) is 5. The summed E-state index contributed by atoms with van der Waals surface area (Å²) in [5.74, 6) is -2.29. The van der Waals surface area contributed by atoms with E-state index in [1.807, 2.05) is 0 Å².